The number of ether oxygens (including phenoxy) is 1. The minimum atomic E-state index is -2.31. The lowest BCUT2D eigenvalue weighted by molar-refractivity contribution is -0.221. The molecule has 0 amide bonds. The van der Waals surface area contributed by atoms with Crippen molar-refractivity contribution in [3.63, 3.8) is 0 Å². The molecule has 4 aliphatic rings. The Kier molecular flexibility index (Phi) is 6.36. The van der Waals surface area contributed by atoms with Gasteiger partial charge in [-0.15, -0.1) is 24.0 Å². The van der Waals surface area contributed by atoms with Gasteiger partial charge in [-0.25, -0.2) is 13.6 Å². The second-order valence-electron chi connectivity index (χ2n) is 11.2. The van der Waals surface area contributed by atoms with Crippen molar-refractivity contribution in [1.82, 2.24) is 0 Å². The minimum absolute atomic E-state index is 0.0122. The molecule has 37 heavy (non-hydrogen) atoms. The van der Waals surface area contributed by atoms with Gasteiger partial charge in [0.2, 0.25) is 5.12 Å². The van der Waals surface area contributed by atoms with Crippen LogP contribution in [0.2, 0.25) is 8.67 Å². The third-order valence-electron chi connectivity index (χ3n) is 9.62. The van der Waals surface area contributed by atoms with Crippen LogP contribution in [0, 0.1) is 28.6 Å². The van der Waals surface area contributed by atoms with Crippen molar-refractivity contribution in [2.24, 2.45) is 28.6 Å². The van der Waals surface area contributed by atoms with Crippen molar-refractivity contribution >= 4 is 64.0 Å². The number of carbonyl (C=O) groups excluding carboxylic acids is 3. The monoisotopic (exact) mass is 590 g/mol. The summed E-state index contributed by atoms with van der Waals surface area (Å²) in [4.78, 5) is 38.5. The number of aliphatic hydroxyl groups is 1. The lowest BCUT2D eigenvalue weighted by Crippen LogP contribution is -2.70. The molecule has 200 valence electrons. The molecule has 0 radical (unpaired) electrons. The first-order chi connectivity index (χ1) is 17.1. The lowest BCUT2D eigenvalue weighted by Gasteiger charge is -2.63. The molecule has 0 saturated heterocycles. The average molecular weight is 592 g/mol. The van der Waals surface area contributed by atoms with E-state index < -0.39 is 69.0 Å². The topological polar surface area (TPSA) is 80.7 Å². The summed E-state index contributed by atoms with van der Waals surface area (Å²) in [5.41, 5.74) is -6.97. The second-order valence-corrected chi connectivity index (χ2v) is 13.9. The van der Waals surface area contributed by atoms with E-state index in [1.54, 1.807) is 13.8 Å². The molecule has 9 atom stereocenters. The van der Waals surface area contributed by atoms with E-state index in [2.05, 4.69) is 12.6 Å². The number of hydrogen-bond donors (Lipinski definition) is 2. The number of fused-ring (bicyclic) bond motifs is 5. The number of aliphatic hydroxyl groups excluding tert-OH is 1. The fourth-order valence-corrected chi connectivity index (χ4v) is 9.88. The molecule has 3 saturated carbocycles. The number of ketones is 1. The van der Waals surface area contributed by atoms with Gasteiger partial charge in [-0.3, -0.25) is 9.59 Å². The van der Waals surface area contributed by atoms with Gasteiger partial charge in [-0.1, -0.05) is 43.1 Å². The molecule has 1 heterocycles. The molecule has 0 spiro atoms. The van der Waals surface area contributed by atoms with Gasteiger partial charge >= 0.3 is 5.97 Å². The molecule has 5 nitrogen and oxygen atoms in total. The second kappa shape index (κ2) is 8.62. The highest BCUT2D eigenvalue weighted by molar-refractivity contribution is 7.96. The van der Waals surface area contributed by atoms with E-state index in [-0.39, 0.29) is 39.1 Å². The first kappa shape index (κ1) is 27.3. The zero-order chi connectivity index (χ0) is 27.3. The molecule has 1 N–H and O–H groups in total. The van der Waals surface area contributed by atoms with Crippen LogP contribution in [0.1, 0.15) is 50.4 Å². The van der Waals surface area contributed by atoms with Crippen LogP contribution < -0.4 is 0 Å². The van der Waals surface area contributed by atoms with Gasteiger partial charge in [-0.05, 0) is 55.9 Å². The molecule has 1 aromatic heterocycles. The maximum Gasteiger partial charge on any atom is 0.341 e. The zero-order valence-corrected chi connectivity index (χ0v) is 23.5. The number of thiol groups is 1. The van der Waals surface area contributed by atoms with Crippen LogP contribution in [-0.2, 0) is 14.3 Å². The number of alkyl halides is 2. The largest absolute Gasteiger partial charge is 0.446 e. The summed E-state index contributed by atoms with van der Waals surface area (Å²) >= 11 is 17.3. The van der Waals surface area contributed by atoms with Crippen LogP contribution in [0.4, 0.5) is 8.78 Å². The SMILES string of the molecule is CC1C[C@H]2[C@@H]3CC(F)C4=CC(=O)C=C[C@]4(C)C3(F)C(O)C[C@]2(C)C1(OC(=O)c1cc(Cl)sc1Cl)C(=O)S. The molecule has 11 heteroatoms. The molecule has 5 unspecified atom stereocenters. The van der Waals surface area contributed by atoms with E-state index in [1.807, 2.05) is 0 Å². The molecule has 0 aromatic carbocycles. The van der Waals surface area contributed by atoms with Gasteiger partial charge < -0.3 is 9.84 Å². The third kappa shape index (κ3) is 3.39. The Balaban J connectivity index is 1.62. The normalized spacial score (nSPS) is 44.5. The fourth-order valence-electron chi connectivity index (χ4n) is 7.92. The Labute approximate surface area is 232 Å². The Bertz CT molecular complexity index is 1280. The lowest BCUT2D eigenvalue weighted by atomic mass is 9.44. The Morgan fingerprint density at radius 2 is 1.92 bits per heavy atom. The molecule has 1 aromatic rings. The van der Waals surface area contributed by atoms with Crippen LogP contribution in [-0.4, -0.2) is 45.5 Å². The van der Waals surface area contributed by atoms with Gasteiger partial charge in [0.25, 0.3) is 0 Å². The fraction of sp³-hybridized carbons (Fsp3) is 0.577. The molecule has 4 aliphatic carbocycles. The molecular weight excluding hydrogens is 565 g/mol. The molecule has 0 bridgehead atoms. The Hall–Kier alpha value is -1.26. The van der Waals surface area contributed by atoms with Crippen molar-refractivity contribution in [2.75, 3.05) is 0 Å². The van der Waals surface area contributed by atoms with Crippen molar-refractivity contribution < 1.29 is 33.0 Å². The average Bonchev–Trinajstić information content (AvgIpc) is 3.25. The van der Waals surface area contributed by atoms with Crippen molar-refractivity contribution in [3.8, 4) is 0 Å². The summed E-state index contributed by atoms with van der Waals surface area (Å²) < 4.78 is 39.3. The number of hydrogen-bond acceptors (Lipinski definition) is 6. The van der Waals surface area contributed by atoms with Crippen LogP contribution in [0.15, 0.2) is 29.9 Å². The number of allylic oxidation sites excluding steroid dienone is 4. The van der Waals surface area contributed by atoms with Crippen molar-refractivity contribution in [2.45, 2.75) is 63.6 Å². The van der Waals surface area contributed by atoms with Crippen LogP contribution in [0.25, 0.3) is 0 Å². The van der Waals surface area contributed by atoms with E-state index in [0.29, 0.717) is 0 Å². The Morgan fingerprint density at radius 3 is 2.51 bits per heavy atom. The number of thiophene rings is 1. The van der Waals surface area contributed by atoms with E-state index >= 15 is 8.78 Å². The minimum Gasteiger partial charge on any atom is -0.446 e. The number of rotatable bonds is 3. The molecule has 0 aliphatic heterocycles. The van der Waals surface area contributed by atoms with Crippen LogP contribution in [0.3, 0.4) is 0 Å². The summed E-state index contributed by atoms with van der Waals surface area (Å²) in [5, 5.41) is 10.7. The summed E-state index contributed by atoms with van der Waals surface area (Å²) in [6, 6.07) is 1.34. The first-order valence-electron chi connectivity index (χ1n) is 12.0. The predicted octanol–water partition coefficient (Wildman–Crippen LogP) is 5.97. The standard InChI is InChI=1S/C26H26Cl2F2O5S2/c1-11-6-14-15-9-17(29)16-7-12(31)4-5-23(16,2)25(15,30)18(32)10-24(14,3)26(11,22(34)36)35-21(33)13-8-19(27)37-20(13)28/h4-5,7-8,11,14-15,17-18,32H,6,9-10H2,1-3H3,(H,34,36)/t11?,14-,15-,17?,18?,23-,24-,25?,26?/m0/s1. The van der Waals surface area contributed by atoms with Gasteiger partial charge in [0.05, 0.1) is 16.0 Å². The highest BCUT2D eigenvalue weighted by Gasteiger charge is 2.78. The van der Waals surface area contributed by atoms with Crippen molar-refractivity contribution in [3.05, 3.63) is 44.1 Å². The molecular formula is C26H26Cl2F2O5S2. The Morgan fingerprint density at radius 1 is 1.24 bits per heavy atom. The van der Waals surface area contributed by atoms with E-state index in [1.165, 1.54) is 25.1 Å². The third-order valence-corrected chi connectivity index (χ3v) is 11.4. The van der Waals surface area contributed by atoms with Gasteiger partial charge in [0.1, 0.15) is 10.5 Å². The number of esters is 1. The summed E-state index contributed by atoms with van der Waals surface area (Å²) in [7, 11) is 0. The van der Waals surface area contributed by atoms with Crippen LogP contribution in [0.5, 0.6) is 0 Å². The number of carbonyl (C=O) groups is 3. The predicted molar refractivity (Wildman–Crippen MR) is 140 cm³/mol. The highest BCUT2D eigenvalue weighted by Crippen LogP contribution is 2.71. The smallest absolute Gasteiger partial charge is 0.341 e. The van der Waals surface area contributed by atoms with E-state index in [9.17, 15) is 19.5 Å². The quantitative estimate of drug-likeness (QED) is 0.335. The van der Waals surface area contributed by atoms with Gasteiger partial charge in [0.15, 0.2) is 17.1 Å². The van der Waals surface area contributed by atoms with E-state index in [4.69, 9.17) is 27.9 Å². The summed E-state index contributed by atoms with van der Waals surface area (Å²) in [6.45, 7) is 4.89. The van der Waals surface area contributed by atoms with Crippen molar-refractivity contribution in [1.29, 1.82) is 0 Å². The maximum atomic E-state index is 17.3. The molecule has 5 rings (SSSR count). The molecule has 3 fully saturated rings. The van der Waals surface area contributed by atoms with E-state index in [0.717, 1.165) is 17.4 Å². The summed E-state index contributed by atoms with van der Waals surface area (Å²) in [5.74, 6) is -3.59. The maximum absolute atomic E-state index is 17.3. The zero-order valence-electron chi connectivity index (χ0n) is 20.3. The summed E-state index contributed by atoms with van der Waals surface area (Å²) in [6.07, 6.45) is 0.139. The van der Waals surface area contributed by atoms with Crippen LogP contribution >= 0.6 is 47.2 Å². The number of halogens is 4. The van der Waals surface area contributed by atoms with Gasteiger partial charge in [0, 0.05) is 22.7 Å². The first-order valence-corrected chi connectivity index (χ1v) is 14.0. The highest BCUT2D eigenvalue weighted by atomic mass is 35.5. The van der Waals surface area contributed by atoms with Gasteiger partial charge in [-0.2, -0.15) is 0 Å².